The lowest BCUT2D eigenvalue weighted by Gasteiger charge is -2.02. The first-order chi connectivity index (χ1) is 10.5. The fraction of sp³-hybridized carbons (Fsp3) is 0. The van der Waals surface area contributed by atoms with Crippen molar-refractivity contribution in [3.63, 3.8) is 0 Å². The van der Waals surface area contributed by atoms with Gasteiger partial charge in [-0.15, -0.1) is 0 Å². The predicted octanol–water partition coefficient (Wildman–Crippen LogP) is 3.98. The molecule has 0 saturated heterocycles. The van der Waals surface area contributed by atoms with Crippen LogP contribution in [0.15, 0.2) is 50.3 Å². The summed E-state index contributed by atoms with van der Waals surface area (Å²) in [6.45, 7) is 0. The van der Waals surface area contributed by atoms with E-state index in [2.05, 4.69) is 42.2 Å². The van der Waals surface area contributed by atoms with Gasteiger partial charge >= 0.3 is 5.97 Å². The van der Waals surface area contributed by atoms with Gasteiger partial charge < -0.3 is 10.4 Å². The van der Waals surface area contributed by atoms with Crippen LogP contribution < -0.4 is 5.32 Å². The molecule has 0 atom stereocenters. The summed E-state index contributed by atoms with van der Waals surface area (Å²) in [6, 6.07) is 9.67. The molecule has 2 aromatic rings. The smallest absolute Gasteiger partial charge is 0.335 e. The highest BCUT2D eigenvalue weighted by atomic mass is 79.9. The van der Waals surface area contributed by atoms with E-state index in [0.29, 0.717) is 22.6 Å². The maximum atomic E-state index is 12.1. The number of carboxylic acids is 1. The summed E-state index contributed by atoms with van der Waals surface area (Å²) in [5.41, 5.74) is 2.34. The number of hydrogen-bond donors (Lipinski definition) is 2. The molecule has 0 aromatic heterocycles. The maximum absolute atomic E-state index is 12.1. The molecule has 1 heterocycles. The molecule has 2 N–H and O–H groups in total. The van der Waals surface area contributed by atoms with Crippen LogP contribution in [0.25, 0.3) is 0 Å². The number of anilines is 1. The number of nitrogens with zero attached hydrogens (tertiary/aromatic N) is 1. The monoisotopic (exact) mass is 422 g/mol. The van der Waals surface area contributed by atoms with Gasteiger partial charge in [0.1, 0.15) is 5.71 Å². The number of rotatable bonds is 2. The van der Waals surface area contributed by atoms with Crippen molar-refractivity contribution < 1.29 is 14.7 Å². The highest BCUT2D eigenvalue weighted by Crippen LogP contribution is 2.35. The molecule has 22 heavy (non-hydrogen) atoms. The molecule has 0 aliphatic carbocycles. The standard InChI is InChI=1S/C15H8Br2N2O3/c16-8-5-10-12(11(17)6-8)19-14(20)13(10)18-9-3-1-7(2-4-9)15(21)22/h1-6H,(H,21,22)(H,18,19,20). The Bertz CT molecular complexity index is 829. The number of benzene rings is 2. The van der Waals surface area contributed by atoms with Gasteiger partial charge in [-0.3, -0.25) is 4.79 Å². The van der Waals surface area contributed by atoms with E-state index in [-0.39, 0.29) is 11.5 Å². The van der Waals surface area contributed by atoms with Crippen molar-refractivity contribution in [2.24, 2.45) is 4.99 Å². The van der Waals surface area contributed by atoms with Gasteiger partial charge in [-0.2, -0.15) is 0 Å². The van der Waals surface area contributed by atoms with Crippen LogP contribution in [0, 0.1) is 0 Å². The molecule has 1 aliphatic heterocycles. The molecule has 2 aromatic carbocycles. The van der Waals surface area contributed by atoms with E-state index in [9.17, 15) is 9.59 Å². The quantitative estimate of drug-likeness (QED) is 0.766. The van der Waals surface area contributed by atoms with Crippen LogP contribution in [-0.4, -0.2) is 22.7 Å². The van der Waals surface area contributed by atoms with Crippen molar-refractivity contribution in [3.8, 4) is 0 Å². The van der Waals surface area contributed by atoms with Crippen LogP contribution >= 0.6 is 31.9 Å². The van der Waals surface area contributed by atoms with E-state index in [4.69, 9.17) is 5.11 Å². The minimum Gasteiger partial charge on any atom is -0.478 e. The first-order valence-corrected chi connectivity index (χ1v) is 7.77. The Balaban J connectivity index is 2.06. The zero-order valence-electron chi connectivity index (χ0n) is 10.9. The molecule has 3 rings (SSSR count). The average Bonchev–Trinajstić information content (AvgIpc) is 2.77. The summed E-state index contributed by atoms with van der Waals surface area (Å²) < 4.78 is 1.58. The summed E-state index contributed by atoms with van der Waals surface area (Å²) in [5, 5.41) is 11.6. The predicted molar refractivity (Wildman–Crippen MR) is 90.1 cm³/mol. The van der Waals surface area contributed by atoms with Crippen LogP contribution in [0.1, 0.15) is 15.9 Å². The molecule has 1 amide bonds. The van der Waals surface area contributed by atoms with Crippen LogP contribution in [0.5, 0.6) is 0 Å². The molecule has 0 fully saturated rings. The van der Waals surface area contributed by atoms with E-state index >= 15 is 0 Å². The summed E-state index contributed by atoms with van der Waals surface area (Å²) in [6.07, 6.45) is 0. The third-order valence-corrected chi connectivity index (χ3v) is 4.20. The second-order valence-electron chi connectivity index (χ2n) is 4.58. The third kappa shape index (κ3) is 2.69. The third-order valence-electron chi connectivity index (χ3n) is 3.12. The molecular formula is C15H8Br2N2O3. The van der Waals surface area contributed by atoms with Crippen LogP contribution in [0.4, 0.5) is 11.4 Å². The Morgan fingerprint density at radius 3 is 2.45 bits per heavy atom. The van der Waals surface area contributed by atoms with E-state index < -0.39 is 5.97 Å². The van der Waals surface area contributed by atoms with Gasteiger partial charge in [-0.05, 0) is 52.3 Å². The number of carboxylic acid groups (broad SMARTS) is 1. The van der Waals surface area contributed by atoms with Gasteiger partial charge in [0.15, 0.2) is 0 Å². The van der Waals surface area contributed by atoms with E-state index in [0.717, 1.165) is 8.95 Å². The Kier molecular flexibility index (Phi) is 3.84. The van der Waals surface area contributed by atoms with Gasteiger partial charge in [0.25, 0.3) is 5.91 Å². The molecule has 0 bridgehead atoms. The molecule has 0 saturated carbocycles. The Morgan fingerprint density at radius 1 is 1.14 bits per heavy atom. The number of amides is 1. The van der Waals surface area contributed by atoms with Crippen LogP contribution in [0.3, 0.4) is 0 Å². The molecule has 0 unspecified atom stereocenters. The first-order valence-electron chi connectivity index (χ1n) is 6.18. The summed E-state index contributed by atoms with van der Waals surface area (Å²) in [4.78, 5) is 27.3. The van der Waals surface area contributed by atoms with Crippen molar-refractivity contribution in [3.05, 3.63) is 56.5 Å². The number of hydrogen-bond acceptors (Lipinski definition) is 3. The molecule has 7 heteroatoms. The summed E-state index contributed by atoms with van der Waals surface area (Å²) in [7, 11) is 0. The Morgan fingerprint density at radius 2 is 1.82 bits per heavy atom. The minimum absolute atomic E-state index is 0.172. The summed E-state index contributed by atoms with van der Waals surface area (Å²) in [5.74, 6) is -1.30. The zero-order valence-corrected chi connectivity index (χ0v) is 14.1. The largest absolute Gasteiger partial charge is 0.478 e. The van der Waals surface area contributed by atoms with Gasteiger partial charge in [0.05, 0.1) is 16.9 Å². The molecule has 5 nitrogen and oxygen atoms in total. The van der Waals surface area contributed by atoms with Crippen molar-refractivity contribution in [1.82, 2.24) is 0 Å². The molecule has 0 spiro atoms. The summed E-state index contributed by atoms with van der Waals surface area (Å²) >= 11 is 6.78. The normalized spacial score (nSPS) is 14.8. The zero-order chi connectivity index (χ0) is 15.9. The molecular weight excluding hydrogens is 416 g/mol. The second kappa shape index (κ2) is 5.66. The number of halogens is 2. The van der Waals surface area contributed by atoms with Crippen molar-refractivity contribution >= 4 is 60.8 Å². The highest BCUT2D eigenvalue weighted by molar-refractivity contribution is 9.11. The fourth-order valence-electron chi connectivity index (χ4n) is 2.10. The topological polar surface area (TPSA) is 78.8 Å². The lowest BCUT2D eigenvalue weighted by atomic mass is 10.1. The van der Waals surface area contributed by atoms with Crippen LogP contribution in [0.2, 0.25) is 0 Å². The first kappa shape index (κ1) is 14.9. The number of aromatic carboxylic acids is 1. The van der Waals surface area contributed by atoms with E-state index in [1.165, 1.54) is 12.1 Å². The van der Waals surface area contributed by atoms with E-state index in [1.54, 1.807) is 12.1 Å². The lowest BCUT2D eigenvalue weighted by molar-refractivity contribution is -0.110. The maximum Gasteiger partial charge on any atom is 0.335 e. The van der Waals surface area contributed by atoms with Crippen molar-refractivity contribution in [2.45, 2.75) is 0 Å². The molecule has 1 aliphatic rings. The Hall–Kier alpha value is -1.99. The van der Waals surface area contributed by atoms with Gasteiger partial charge in [-0.25, -0.2) is 9.79 Å². The lowest BCUT2D eigenvalue weighted by Crippen LogP contribution is -2.13. The fourth-order valence-corrected chi connectivity index (χ4v) is 3.43. The highest BCUT2D eigenvalue weighted by Gasteiger charge is 2.28. The van der Waals surface area contributed by atoms with Gasteiger partial charge in [0, 0.05) is 14.5 Å². The van der Waals surface area contributed by atoms with Crippen LogP contribution in [-0.2, 0) is 4.79 Å². The number of aliphatic imine (C=N–C) groups is 1. The number of carbonyl (C=O) groups is 2. The number of nitrogens with one attached hydrogen (secondary N) is 1. The van der Waals surface area contributed by atoms with E-state index in [1.807, 2.05) is 12.1 Å². The number of fused-ring (bicyclic) bond motifs is 1. The van der Waals surface area contributed by atoms with Crippen molar-refractivity contribution in [1.29, 1.82) is 0 Å². The average molecular weight is 424 g/mol. The number of carbonyl (C=O) groups excluding carboxylic acids is 1. The minimum atomic E-state index is -1.00. The second-order valence-corrected chi connectivity index (χ2v) is 6.35. The molecule has 0 radical (unpaired) electrons. The Labute approximate surface area is 142 Å². The van der Waals surface area contributed by atoms with Crippen molar-refractivity contribution in [2.75, 3.05) is 5.32 Å². The van der Waals surface area contributed by atoms with Gasteiger partial charge in [0.2, 0.25) is 0 Å². The molecule has 110 valence electrons. The SMILES string of the molecule is O=C1Nc2c(Br)cc(Br)cc2C1=Nc1ccc(C(=O)O)cc1. The van der Waals surface area contributed by atoms with Gasteiger partial charge in [-0.1, -0.05) is 15.9 Å².